The minimum Gasteiger partial charge on any atom is -0.372 e. The van der Waals surface area contributed by atoms with Crippen LogP contribution >= 0.6 is 0 Å². The Labute approximate surface area is 195 Å². The lowest BCUT2D eigenvalue weighted by Crippen LogP contribution is -2.45. The van der Waals surface area contributed by atoms with Crippen LogP contribution in [0.1, 0.15) is 43.6 Å². The summed E-state index contributed by atoms with van der Waals surface area (Å²) in [6.45, 7) is 11.0. The van der Waals surface area contributed by atoms with Crippen LogP contribution in [0.15, 0.2) is 41.3 Å². The summed E-state index contributed by atoms with van der Waals surface area (Å²) in [6, 6.07) is 9.10. The lowest BCUT2D eigenvalue weighted by atomic mass is 10.1. The largest absolute Gasteiger partial charge is 0.372 e. The van der Waals surface area contributed by atoms with Gasteiger partial charge in [-0.15, -0.1) is 0 Å². The van der Waals surface area contributed by atoms with Crippen LogP contribution < -0.4 is 10.2 Å². The summed E-state index contributed by atoms with van der Waals surface area (Å²) in [5, 5.41) is 2.67. The van der Waals surface area contributed by atoms with Gasteiger partial charge in [-0.3, -0.25) is 4.79 Å². The fraction of sp³-hybridized carbons (Fsp3) is 0.458. The van der Waals surface area contributed by atoms with Crippen LogP contribution in [0, 0.1) is 12.7 Å². The van der Waals surface area contributed by atoms with Crippen molar-refractivity contribution >= 4 is 27.3 Å². The summed E-state index contributed by atoms with van der Waals surface area (Å²) in [5.74, 6) is -0.949. The molecule has 7 nitrogen and oxygen atoms in total. The highest BCUT2D eigenvalue weighted by molar-refractivity contribution is 7.89. The molecular weight excluding hydrogens is 445 g/mol. The van der Waals surface area contributed by atoms with Crippen LogP contribution in [0.5, 0.6) is 0 Å². The normalized spacial score (nSPS) is 19.1. The maximum Gasteiger partial charge on any atom is 0.255 e. The summed E-state index contributed by atoms with van der Waals surface area (Å²) in [5.41, 5.74) is 1.50. The van der Waals surface area contributed by atoms with Crippen molar-refractivity contribution < 1.29 is 22.3 Å². The summed E-state index contributed by atoms with van der Waals surface area (Å²) in [7, 11) is -3.72. The molecule has 1 fully saturated rings. The standard InChI is InChI=1S/C24H32FN3O4S/c1-6-28(7-2)33(30,31)23-12-19(9-8-16(23)3)24(29)26-20-10-11-22(21(25)13-20)27-14-17(4)32-18(5)15-27/h8-13,17-18H,6-7,14-15H2,1-5H3,(H,26,29). The third-order valence-corrected chi connectivity index (χ3v) is 7.93. The van der Waals surface area contributed by atoms with Gasteiger partial charge in [-0.1, -0.05) is 19.9 Å². The number of anilines is 2. The Morgan fingerprint density at radius 3 is 2.33 bits per heavy atom. The first-order valence-electron chi connectivity index (χ1n) is 11.2. The number of sulfonamides is 1. The van der Waals surface area contributed by atoms with Gasteiger partial charge in [0.1, 0.15) is 5.82 Å². The Morgan fingerprint density at radius 2 is 1.76 bits per heavy atom. The topological polar surface area (TPSA) is 79.0 Å². The molecule has 1 aliphatic heterocycles. The molecule has 0 aliphatic carbocycles. The lowest BCUT2D eigenvalue weighted by molar-refractivity contribution is -0.00539. The van der Waals surface area contributed by atoms with E-state index in [0.29, 0.717) is 43.1 Å². The molecule has 9 heteroatoms. The second kappa shape index (κ2) is 10.2. The first-order valence-corrected chi connectivity index (χ1v) is 12.6. The van der Waals surface area contributed by atoms with Crippen molar-refractivity contribution in [2.75, 3.05) is 36.4 Å². The van der Waals surface area contributed by atoms with Crippen LogP contribution in [0.3, 0.4) is 0 Å². The fourth-order valence-corrected chi connectivity index (χ4v) is 5.85. The minimum atomic E-state index is -3.72. The van der Waals surface area contributed by atoms with Crippen LogP contribution in [-0.4, -0.2) is 57.0 Å². The van der Waals surface area contributed by atoms with Crippen molar-refractivity contribution in [2.45, 2.75) is 51.7 Å². The number of hydrogen-bond donors (Lipinski definition) is 1. The number of hydrogen-bond acceptors (Lipinski definition) is 5. The Morgan fingerprint density at radius 1 is 1.12 bits per heavy atom. The predicted molar refractivity (Wildman–Crippen MR) is 128 cm³/mol. The first kappa shape index (κ1) is 25.1. The highest BCUT2D eigenvalue weighted by Crippen LogP contribution is 2.27. The van der Waals surface area contributed by atoms with Crippen molar-refractivity contribution in [1.82, 2.24) is 4.31 Å². The van der Waals surface area contributed by atoms with E-state index in [1.54, 1.807) is 45.0 Å². The van der Waals surface area contributed by atoms with Gasteiger partial charge < -0.3 is 15.0 Å². The van der Waals surface area contributed by atoms with E-state index < -0.39 is 21.7 Å². The molecule has 0 spiro atoms. The molecule has 0 saturated carbocycles. The molecule has 1 heterocycles. The Balaban J connectivity index is 1.81. The van der Waals surface area contributed by atoms with Gasteiger partial charge in [-0.05, 0) is 56.7 Å². The SMILES string of the molecule is CCN(CC)S(=O)(=O)c1cc(C(=O)Nc2ccc(N3CC(C)OC(C)C3)c(F)c2)ccc1C. The van der Waals surface area contributed by atoms with Gasteiger partial charge in [-0.25, -0.2) is 12.8 Å². The zero-order chi connectivity index (χ0) is 24.3. The number of rotatable bonds is 7. The summed E-state index contributed by atoms with van der Waals surface area (Å²) >= 11 is 0. The lowest BCUT2D eigenvalue weighted by Gasteiger charge is -2.37. The molecule has 1 amide bonds. The van der Waals surface area contributed by atoms with Crippen molar-refractivity contribution in [3.63, 3.8) is 0 Å². The van der Waals surface area contributed by atoms with Crippen molar-refractivity contribution in [1.29, 1.82) is 0 Å². The molecule has 1 N–H and O–H groups in total. The number of aryl methyl sites for hydroxylation is 1. The van der Waals surface area contributed by atoms with Crippen molar-refractivity contribution in [3.8, 4) is 0 Å². The van der Waals surface area contributed by atoms with Crippen LogP contribution in [0.4, 0.5) is 15.8 Å². The molecule has 2 aromatic carbocycles. The Kier molecular flexibility index (Phi) is 7.76. The number of morpholine rings is 1. The summed E-state index contributed by atoms with van der Waals surface area (Å²) < 4.78 is 47.8. The quantitative estimate of drug-likeness (QED) is 0.651. The second-order valence-corrected chi connectivity index (χ2v) is 10.3. The van der Waals surface area contributed by atoms with E-state index in [0.717, 1.165) is 0 Å². The molecule has 2 aromatic rings. The first-order chi connectivity index (χ1) is 15.6. The van der Waals surface area contributed by atoms with E-state index in [1.165, 1.54) is 16.4 Å². The zero-order valence-electron chi connectivity index (χ0n) is 19.8. The summed E-state index contributed by atoms with van der Waals surface area (Å²) in [4.78, 5) is 14.9. The molecular formula is C24H32FN3O4S. The number of carbonyl (C=O) groups excluding carboxylic acids is 1. The molecule has 0 radical (unpaired) electrons. The number of ether oxygens (including phenoxy) is 1. The van der Waals surface area contributed by atoms with Crippen molar-refractivity contribution in [3.05, 3.63) is 53.3 Å². The molecule has 2 atom stereocenters. The van der Waals surface area contributed by atoms with E-state index in [2.05, 4.69) is 5.32 Å². The predicted octanol–water partition coefficient (Wildman–Crippen LogP) is 4.03. The molecule has 3 rings (SSSR count). The van der Waals surface area contributed by atoms with Gasteiger partial charge in [0.05, 0.1) is 22.8 Å². The highest BCUT2D eigenvalue weighted by Gasteiger charge is 2.26. The highest BCUT2D eigenvalue weighted by atomic mass is 32.2. The molecule has 1 saturated heterocycles. The maximum atomic E-state index is 14.9. The van der Waals surface area contributed by atoms with E-state index in [9.17, 15) is 17.6 Å². The number of amides is 1. The molecule has 1 aliphatic rings. The summed E-state index contributed by atoms with van der Waals surface area (Å²) in [6.07, 6.45) is -0.00763. The van der Waals surface area contributed by atoms with E-state index in [-0.39, 0.29) is 22.7 Å². The smallest absolute Gasteiger partial charge is 0.255 e. The van der Waals surface area contributed by atoms with Crippen LogP contribution in [0.2, 0.25) is 0 Å². The van der Waals surface area contributed by atoms with Gasteiger partial charge in [0.15, 0.2) is 0 Å². The molecule has 180 valence electrons. The van der Waals surface area contributed by atoms with Crippen LogP contribution in [-0.2, 0) is 14.8 Å². The number of benzene rings is 2. The number of halogens is 1. The van der Waals surface area contributed by atoms with E-state index >= 15 is 0 Å². The van der Waals surface area contributed by atoms with Gasteiger partial charge in [0, 0.05) is 37.4 Å². The van der Waals surface area contributed by atoms with Crippen LogP contribution in [0.25, 0.3) is 0 Å². The molecule has 0 aromatic heterocycles. The molecule has 33 heavy (non-hydrogen) atoms. The third kappa shape index (κ3) is 5.54. The van der Waals surface area contributed by atoms with E-state index in [4.69, 9.17) is 4.74 Å². The third-order valence-electron chi connectivity index (χ3n) is 5.74. The molecule has 2 unspecified atom stereocenters. The minimum absolute atomic E-state index is 0.00381. The average molecular weight is 478 g/mol. The van der Waals surface area contributed by atoms with Crippen molar-refractivity contribution in [2.24, 2.45) is 0 Å². The van der Waals surface area contributed by atoms with Gasteiger partial charge in [0.2, 0.25) is 10.0 Å². The van der Waals surface area contributed by atoms with E-state index in [1.807, 2.05) is 18.7 Å². The van der Waals surface area contributed by atoms with Gasteiger partial charge in [0.25, 0.3) is 5.91 Å². The number of nitrogens with zero attached hydrogens (tertiary/aromatic N) is 2. The Bertz CT molecular complexity index is 1110. The second-order valence-electron chi connectivity index (χ2n) is 8.35. The maximum absolute atomic E-state index is 14.9. The van der Waals surface area contributed by atoms with Gasteiger partial charge >= 0.3 is 0 Å². The zero-order valence-corrected chi connectivity index (χ0v) is 20.6. The average Bonchev–Trinajstić information content (AvgIpc) is 2.74. The monoisotopic (exact) mass is 477 g/mol. The molecule has 0 bridgehead atoms. The van der Waals surface area contributed by atoms with Gasteiger partial charge in [-0.2, -0.15) is 4.31 Å². The fourth-order valence-electron chi connectivity index (χ4n) is 4.14. The number of nitrogens with one attached hydrogen (secondary N) is 1. The number of carbonyl (C=O) groups is 1. The Hall–Kier alpha value is -2.49.